The monoisotopic (exact) mass is 281 g/mol. The Morgan fingerprint density at radius 1 is 1.32 bits per heavy atom. The normalized spacial score (nSPS) is 10.3. The quantitative estimate of drug-likeness (QED) is 0.928. The second kappa shape index (κ2) is 5.84. The van der Waals surface area contributed by atoms with Crippen LogP contribution in [0.3, 0.4) is 0 Å². The van der Waals surface area contributed by atoms with Crippen LogP contribution in [0.15, 0.2) is 24.3 Å². The van der Waals surface area contributed by atoms with Gasteiger partial charge in [-0.05, 0) is 32.0 Å². The average Bonchev–Trinajstić information content (AvgIpc) is 2.33. The van der Waals surface area contributed by atoms with Gasteiger partial charge in [0.15, 0.2) is 0 Å². The topological polar surface area (TPSA) is 47.0 Å². The Morgan fingerprint density at radius 3 is 2.79 bits per heavy atom. The molecule has 0 unspecified atom stereocenters. The van der Waals surface area contributed by atoms with E-state index in [4.69, 9.17) is 16.3 Å². The zero-order chi connectivity index (χ0) is 13.8. The van der Waals surface area contributed by atoms with Crippen molar-refractivity contribution in [3.63, 3.8) is 0 Å². The summed E-state index contributed by atoms with van der Waals surface area (Å²) in [6, 6.07) is 6.06. The van der Waals surface area contributed by atoms with Crippen LogP contribution in [0.25, 0.3) is 0 Å². The summed E-state index contributed by atoms with van der Waals surface area (Å²) in [7, 11) is 0. The lowest BCUT2D eigenvalue weighted by Crippen LogP contribution is -2.02. The highest BCUT2D eigenvalue weighted by Crippen LogP contribution is 2.22. The summed E-state index contributed by atoms with van der Waals surface area (Å²) in [4.78, 5) is 8.41. The molecule has 0 bridgehead atoms. The average molecular weight is 282 g/mol. The Balaban J connectivity index is 2.24. The summed E-state index contributed by atoms with van der Waals surface area (Å²) >= 11 is 5.71. The zero-order valence-corrected chi connectivity index (χ0v) is 11.3. The third kappa shape index (κ3) is 3.54. The fourth-order valence-corrected chi connectivity index (χ4v) is 1.70. The highest BCUT2D eigenvalue weighted by atomic mass is 35.5. The molecule has 2 rings (SSSR count). The van der Waals surface area contributed by atoms with Crippen molar-refractivity contribution in [1.82, 2.24) is 9.97 Å². The number of halogens is 2. The van der Waals surface area contributed by atoms with Gasteiger partial charge in [-0.3, -0.25) is 0 Å². The van der Waals surface area contributed by atoms with Crippen molar-refractivity contribution < 1.29 is 9.13 Å². The van der Waals surface area contributed by atoms with Gasteiger partial charge in [0, 0.05) is 17.4 Å². The molecule has 1 N–H and O–H groups in total. The van der Waals surface area contributed by atoms with Gasteiger partial charge in [-0.1, -0.05) is 11.6 Å². The van der Waals surface area contributed by atoms with Crippen molar-refractivity contribution in [3.05, 3.63) is 40.8 Å². The first-order chi connectivity index (χ1) is 9.08. The maximum absolute atomic E-state index is 13.1. The number of ether oxygens (including phenoxy) is 1. The second-order valence-electron chi connectivity index (χ2n) is 3.86. The van der Waals surface area contributed by atoms with Crippen molar-refractivity contribution >= 4 is 23.2 Å². The van der Waals surface area contributed by atoms with E-state index in [2.05, 4.69) is 15.3 Å². The van der Waals surface area contributed by atoms with E-state index in [0.29, 0.717) is 24.1 Å². The van der Waals surface area contributed by atoms with Crippen LogP contribution in [0.1, 0.15) is 12.6 Å². The molecule has 0 aliphatic carbocycles. The van der Waals surface area contributed by atoms with Crippen LogP contribution in [-0.4, -0.2) is 16.6 Å². The van der Waals surface area contributed by atoms with Crippen molar-refractivity contribution in [3.8, 4) is 5.88 Å². The molecule has 19 heavy (non-hydrogen) atoms. The van der Waals surface area contributed by atoms with Gasteiger partial charge in [0.25, 0.3) is 0 Å². The Morgan fingerprint density at radius 2 is 2.11 bits per heavy atom. The van der Waals surface area contributed by atoms with E-state index in [1.165, 1.54) is 12.1 Å². The second-order valence-corrected chi connectivity index (χ2v) is 4.27. The van der Waals surface area contributed by atoms with E-state index in [1.807, 2.05) is 13.8 Å². The molecule has 2 aromatic rings. The largest absolute Gasteiger partial charge is 0.478 e. The number of nitrogens with one attached hydrogen (secondary N) is 1. The predicted octanol–water partition coefficient (Wildman–Crippen LogP) is 3.72. The third-order valence-corrected chi connectivity index (χ3v) is 2.59. The van der Waals surface area contributed by atoms with Gasteiger partial charge in [-0.15, -0.1) is 0 Å². The number of aryl methyl sites for hydroxylation is 1. The molecule has 0 amide bonds. The maximum atomic E-state index is 13.1. The molecule has 1 heterocycles. The summed E-state index contributed by atoms with van der Waals surface area (Å²) < 4.78 is 18.4. The van der Waals surface area contributed by atoms with Crippen molar-refractivity contribution in [2.45, 2.75) is 13.8 Å². The van der Waals surface area contributed by atoms with Crippen LogP contribution in [0.2, 0.25) is 5.02 Å². The fraction of sp³-hybridized carbons (Fsp3) is 0.231. The van der Waals surface area contributed by atoms with Gasteiger partial charge < -0.3 is 10.1 Å². The molecule has 0 atom stereocenters. The molecule has 6 heteroatoms. The van der Waals surface area contributed by atoms with Gasteiger partial charge in [-0.25, -0.2) is 9.37 Å². The molecule has 4 nitrogen and oxygen atoms in total. The van der Waals surface area contributed by atoms with Gasteiger partial charge in [0.1, 0.15) is 5.82 Å². The van der Waals surface area contributed by atoms with Crippen LogP contribution >= 0.6 is 11.6 Å². The van der Waals surface area contributed by atoms with Crippen molar-refractivity contribution in [1.29, 1.82) is 0 Å². The molecule has 0 saturated heterocycles. The summed E-state index contributed by atoms with van der Waals surface area (Å²) in [6.45, 7) is 4.25. The van der Waals surface area contributed by atoms with Crippen LogP contribution in [-0.2, 0) is 0 Å². The number of aromatic nitrogens is 2. The number of anilines is 2. The number of benzene rings is 1. The molecule has 0 spiro atoms. The van der Waals surface area contributed by atoms with Gasteiger partial charge >= 0.3 is 0 Å². The molecule has 0 aliphatic rings. The van der Waals surface area contributed by atoms with E-state index in [0.717, 1.165) is 5.69 Å². The van der Waals surface area contributed by atoms with Crippen molar-refractivity contribution in [2.75, 3.05) is 11.9 Å². The van der Waals surface area contributed by atoms with Crippen LogP contribution < -0.4 is 10.1 Å². The Hall–Kier alpha value is -1.88. The highest BCUT2D eigenvalue weighted by molar-refractivity contribution is 6.31. The molecular weight excluding hydrogens is 269 g/mol. The molecule has 0 saturated carbocycles. The van der Waals surface area contributed by atoms with E-state index >= 15 is 0 Å². The summed E-state index contributed by atoms with van der Waals surface area (Å²) in [5.41, 5.74) is 1.38. The number of hydrogen-bond acceptors (Lipinski definition) is 4. The van der Waals surface area contributed by atoms with E-state index in [9.17, 15) is 4.39 Å². The summed E-state index contributed by atoms with van der Waals surface area (Å²) in [6.07, 6.45) is 0. The van der Waals surface area contributed by atoms with Gasteiger partial charge in [-0.2, -0.15) is 4.98 Å². The molecule has 1 aromatic heterocycles. The SMILES string of the molecule is CCOc1cc(C)nc(Nc2ccc(F)c(Cl)c2)n1. The number of nitrogens with zero attached hydrogens (tertiary/aromatic N) is 2. The zero-order valence-electron chi connectivity index (χ0n) is 10.6. The minimum Gasteiger partial charge on any atom is -0.478 e. The lowest BCUT2D eigenvalue weighted by molar-refractivity contribution is 0.326. The lowest BCUT2D eigenvalue weighted by atomic mass is 10.3. The minimum absolute atomic E-state index is 0.0442. The third-order valence-electron chi connectivity index (χ3n) is 2.30. The van der Waals surface area contributed by atoms with Crippen LogP contribution in [0.4, 0.5) is 16.0 Å². The number of hydrogen-bond donors (Lipinski definition) is 1. The van der Waals surface area contributed by atoms with Gasteiger partial charge in [0.2, 0.25) is 11.8 Å². The summed E-state index contributed by atoms with van der Waals surface area (Å²) in [5, 5.41) is 3.00. The molecule has 0 aliphatic heterocycles. The Kier molecular flexibility index (Phi) is 4.16. The molecular formula is C13H13ClFN3O. The highest BCUT2D eigenvalue weighted by Gasteiger charge is 2.05. The molecule has 0 fully saturated rings. The first-order valence-corrected chi connectivity index (χ1v) is 6.17. The Bertz CT molecular complexity index is 592. The first-order valence-electron chi connectivity index (χ1n) is 5.79. The number of rotatable bonds is 4. The Labute approximate surface area is 115 Å². The van der Waals surface area contributed by atoms with Gasteiger partial charge in [0.05, 0.1) is 11.6 Å². The maximum Gasteiger partial charge on any atom is 0.230 e. The summed E-state index contributed by atoms with van der Waals surface area (Å²) in [5.74, 6) is 0.407. The smallest absolute Gasteiger partial charge is 0.230 e. The minimum atomic E-state index is -0.465. The van der Waals surface area contributed by atoms with E-state index in [1.54, 1.807) is 12.1 Å². The van der Waals surface area contributed by atoms with Crippen LogP contribution in [0.5, 0.6) is 5.88 Å². The van der Waals surface area contributed by atoms with E-state index < -0.39 is 5.82 Å². The first kappa shape index (κ1) is 13.5. The fourth-order valence-electron chi connectivity index (χ4n) is 1.52. The van der Waals surface area contributed by atoms with Crippen LogP contribution in [0, 0.1) is 12.7 Å². The standard InChI is InChI=1S/C13H13ClFN3O/c1-3-19-12-6-8(2)16-13(18-12)17-9-4-5-11(15)10(14)7-9/h4-7H,3H2,1-2H3,(H,16,17,18). The molecule has 0 radical (unpaired) electrons. The molecule has 100 valence electrons. The lowest BCUT2D eigenvalue weighted by Gasteiger charge is -2.08. The predicted molar refractivity (Wildman–Crippen MR) is 72.6 cm³/mol. The van der Waals surface area contributed by atoms with Crippen molar-refractivity contribution in [2.24, 2.45) is 0 Å². The van der Waals surface area contributed by atoms with E-state index in [-0.39, 0.29) is 5.02 Å². The molecule has 1 aromatic carbocycles.